The van der Waals surface area contributed by atoms with Crippen LogP contribution in [0.4, 0.5) is 11.6 Å². The Balaban J connectivity index is 1.43. The third-order valence-electron chi connectivity index (χ3n) is 5.09. The molecule has 0 radical (unpaired) electrons. The van der Waals surface area contributed by atoms with Gasteiger partial charge in [0.05, 0.1) is 16.9 Å². The second-order valence-corrected chi connectivity index (χ2v) is 9.92. The monoisotopic (exact) mass is 461 g/mol. The highest BCUT2D eigenvalue weighted by molar-refractivity contribution is 7.13. The average molecular weight is 462 g/mol. The lowest BCUT2D eigenvalue weighted by atomic mass is 9.98. The molecule has 2 N–H and O–H groups in total. The summed E-state index contributed by atoms with van der Waals surface area (Å²) in [5.41, 5.74) is 3.84. The molecular weight excluding hydrogens is 434 g/mol. The Morgan fingerprint density at radius 2 is 1.91 bits per heavy atom. The van der Waals surface area contributed by atoms with Crippen LogP contribution in [-0.2, 0) is 19.0 Å². The van der Waals surface area contributed by atoms with E-state index in [1.807, 2.05) is 44.4 Å². The third kappa shape index (κ3) is 5.43. The molecule has 0 aliphatic rings. The van der Waals surface area contributed by atoms with E-state index < -0.39 is 0 Å². The number of amides is 1. The first-order chi connectivity index (χ1) is 15.7. The molecule has 0 unspecified atom stereocenters. The van der Waals surface area contributed by atoms with E-state index in [-0.39, 0.29) is 11.3 Å². The summed E-state index contributed by atoms with van der Waals surface area (Å²) in [6, 6.07) is 9.86. The lowest BCUT2D eigenvalue weighted by molar-refractivity contribution is 0.0954. The first-order valence-electron chi connectivity index (χ1n) is 10.6. The highest BCUT2D eigenvalue weighted by atomic mass is 32.1. The summed E-state index contributed by atoms with van der Waals surface area (Å²) in [5.74, 6) is 1.29. The molecular formula is C24H27N7OS. The van der Waals surface area contributed by atoms with Gasteiger partial charge in [-0.1, -0.05) is 32.9 Å². The van der Waals surface area contributed by atoms with Crippen molar-refractivity contribution in [1.82, 2.24) is 30.0 Å². The van der Waals surface area contributed by atoms with Gasteiger partial charge in [-0.05, 0) is 24.1 Å². The van der Waals surface area contributed by atoms with Crippen molar-refractivity contribution in [1.29, 1.82) is 0 Å². The SMILES string of the molecule is Cc1cc(-c2cc(Nc3ccn(C)n3)ncn2)ccc1CNC(=O)c1cnc(C(C)(C)C)s1. The number of benzene rings is 1. The van der Waals surface area contributed by atoms with E-state index in [1.54, 1.807) is 10.9 Å². The molecule has 0 spiro atoms. The minimum atomic E-state index is -0.104. The Labute approximate surface area is 197 Å². The van der Waals surface area contributed by atoms with Gasteiger partial charge in [0.1, 0.15) is 17.0 Å². The Morgan fingerprint density at radius 3 is 2.58 bits per heavy atom. The minimum Gasteiger partial charge on any atom is -0.347 e. The number of hydrogen-bond donors (Lipinski definition) is 2. The van der Waals surface area contributed by atoms with Crippen molar-refractivity contribution in [2.75, 3.05) is 5.32 Å². The fraction of sp³-hybridized carbons (Fsp3) is 0.292. The Morgan fingerprint density at radius 1 is 1.09 bits per heavy atom. The van der Waals surface area contributed by atoms with Crippen LogP contribution in [0.3, 0.4) is 0 Å². The molecule has 4 rings (SSSR count). The molecule has 1 amide bonds. The van der Waals surface area contributed by atoms with Crippen molar-refractivity contribution >= 4 is 28.9 Å². The van der Waals surface area contributed by atoms with Gasteiger partial charge in [-0.25, -0.2) is 15.0 Å². The predicted molar refractivity (Wildman–Crippen MR) is 131 cm³/mol. The van der Waals surface area contributed by atoms with Crippen molar-refractivity contribution in [2.45, 2.75) is 39.7 Å². The maximum Gasteiger partial charge on any atom is 0.263 e. The van der Waals surface area contributed by atoms with Crippen LogP contribution < -0.4 is 10.6 Å². The summed E-state index contributed by atoms with van der Waals surface area (Å²) in [7, 11) is 1.86. The molecule has 33 heavy (non-hydrogen) atoms. The number of aromatic nitrogens is 5. The van der Waals surface area contributed by atoms with Crippen LogP contribution in [0, 0.1) is 6.92 Å². The zero-order valence-electron chi connectivity index (χ0n) is 19.4. The van der Waals surface area contributed by atoms with Crippen molar-refractivity contribution in [3.63, 3.8) is 0 Å². The van der Waals surface area contributed by atoms with Crippen LogP contribution in [0.1, 0.15) is 46.6 Å². The number of hydrogen-bond acceptors (Lipinski definition) is 7. The standard InChI is InChI=1S/C24H27N7OS/c1-15-10-16(18-11-21(28-14-27-18)29-20-8-9-31(5)30-20)6-7-17(15)12-25-22(32)19-13-26-23(33-19)24(2,3)4/h6-11,13-14H,12H2,1-5H3,(H,25,32)(H,27,28,29,30). The molecule has 0 saturated heterocycles. The zero-order valence-corrected chi connectivity index (χ0v) is 20.2. The summed E-state index contributed by atoms with van der Waals surface area (Å²) in [6.07, 6.45) is 5.05. The molecule has 9 heteroatoms. The number of aryl methyl sites for hydroxylation is 2. The first kappa shape index (κ1) is 22.6. The molecule has 0 aliphatic heterocycles. The number of nitrogens with zero attached hydrogens (tertiary/aromatic N) is 5. The topological polar surface area (TPSA) is 97.6 Å². The molecule has 0 aliphatic carbocycles. The zero-order chi connectivity index (χ0) is 23.6. The molecule has 0 atom stereocenters. The summed E-state index contributed by atoms with van der Waals surface area (Å²) < 4.78 is 1.73. The lowest BCUT2D eigenvalue weighted by Gasteiger charge is -2.13. The van der Waals surface area contributed by atoms with Gasteiger partial charge in [0.25, 0.3) is 5.91 Å². The van der Waals surface area contributed by atoms with Crippen molar-refractivity contribution in [3.05, 3.63) is 70.1 Å². The smallest absolute Gasteiger partial charge is 0.263 e. The van der Waals surface area contributed by atoms with E-state index in [0.29, 0.717) is 17.2 Å². The van der Waals surface area contributed by atoms with E-state index in [4.69, 9.17) is 0 Å². The maximum absolute atomic E-state index is 12.6. The first-order valence-corrected chi connectivity index (χ1v) is 11.4. The van der Waals surface area contributed by atoms with Gasteiger partial charge in [0.15, 0.2) is 5.82 Å². The van der Waals surface area contributed by atoms with Gasteiger partial charge in [-0.15, -0.1) is 11.3 Å². The molecule has 170 valence electrons. The second kappa shape index (κ2) is 9.11. The van der Waals surface area contributed by atoms with E-state index in [1.165, 1.54) is 17.7 Å². The van der Waals surface area contributed by atoms with Crippen LogP contribution in [0.2, 0.25) is 0 Å². The molecule has 3 aromatic heterocycles. The second-order valence-electron chi connectivity index (χ2n) is 8.89. The fourth-order valence-electron chi connectivity index (χ4n) is 3.24. The quantitative estimate of drug-likeness (QED) is 0.435. The van der Waals surface area contributed by atoms with Gasteiger partial charge >= 0.3 is 0 Å². The van der Waals surface area contributed by atoms with E-state index in [0.717, 1.165) is 33.2 Å². The summed E-state index contributed by atoms with van der Waals surface area (Å²) >= 11 is 1.44. The van der Waals surface area contributed by atoms with E-state index in [2.05, 4.69) is 57.5 Å². The highest BCUT2D eigenvalue weighted by Crippen LogP contribution is 2.27. The van der Waals surface area contributed by atoms with Crippen molar-refractivity contribution in [3.8, 4) is 11.3 Å². The molecule has 8 nitrogen and oxygen atoms in total. The number of carbonyl (C=O) groups is 1. The average Bonchev–Trinajstić information content (AvgIpc) is 3.42. The van der Waals surface area contributed by atoms with Gasteiger partial charge in [0.2, 0.25) is 0 Å². The van der Waals surface area contributed by atoms with Gasteiger partial charge in [-0.2, -0.15) is 5.10 Å². The van der Waals surface area contributed by atoms with E-state index in [9.17, 15) is 4.79 Å². The lowest BCUT2D eigenvalue weighted by Crippen LogP contribution is -2.22. The number of thiazole rings is 1. The Hall–Kier alpha value is -3.59. The van der Waals surface area contributed by atoms with Crippen LogP contribution in [0.5, 0.6) is 0 Å². The summed E-state index contributed by atoms with van der Waals surface area (Å²) in [6.45, 7) is 8.75. The largest absolute Gasteiger partial charge is 0.347 e. The van der Waals surface area contributed by atoms with Gasteiger partial charge in [0, 0.05) is 42.9 Å². The van der Waals surface area contributed by atoms with E-state index >= 15 is 0 Å². The van der Waals surface area contributed by atoms with Gasteiger partial charge < -0.3 is 10.6 Å². The summed E-state index contributed by atoms with van der Waals surface area (Å²) in [4.78, 5) is 26.3. The highest BCUT2D eigenvalue weighted by Gasteiger charge is 2.20. The predicted octanol–water partition coefficient (Wildman–Crippen LogP) is 4.61. The third-order valence-corrected chi connectivity index (χ3v) is 6.51. The van der Waals surface area contributed by atoms with Crippen LogP contribution in [0.15, 0.2) is 49.1 Å². The Kier molecular flexibility index (Phi) is 6.24. The molecule has 4 aromatic rings. The maximum atomic E-state index is 12.6. The normalized spacial score (nSPS) is 11.4. The minimum absolute atomic E-state index is 0.0659. The Bertz CT molecular complexity index is 1290. The van der Waals surface area contributed by atoms with Gasteiger partial charge in [-0.3, -0.25) is 9.48 Å². The van der Waals surface area contributed by atoms with Crippen molar-refractivity contribution < 1.29 is 4.79 Å². The summed E-state index contributed by atoms with van der Waals surface area (Å²) in [5, 5.41) is 11.5. The number of carbonyl (C=O) groups excluding carboxylic acids is 1. The number of rotatable bonds is 6. The molecule has 0 saturated carbocycles. The van der Waals surface area contributed by atoms with Crippen molar-refractivity contribution in [2.24, 2.45) is 7.05 Å². The van der Waals surface area contributed by atoms with Crippen LogP contribution >= 0.6 is 11.3 Å². The fourth-order valence-corrected chi connectivity index (χ4v) is 4.13. The molecule has 1 aromatic carbocycles. The van der Waals surface area contributed by atoms with Crippen LogP contribution in [-0.4, -0.2) is 30.6 Å². The molecule has 0 bridgehead atoms. The molecule has 3 heterocycles. The number of anilines is 2. The van der Waals surface area contributed by atoms with Crippen LogP contribution in [0.25, 0.3) is 11.3 Å². The number of nitrogens with one attached hydrogen (secondary N) is 2. The molecule has 0 fully saturated rings.